The maximum Gasteiger partial charge on any atom is 0.422 e. The molecular formula is C20H23ClF3N5O. The molecule has 0 saturated carbocycles. The summed E-state index contributed by atoms with van der Waals surface area (Å²) in [6.45, 7) is 0.462. The number of hydrogen-bond acceptors (Lipinski definition) is 4. The molecule has 3 rings (SSSR count). The van der Waals surface area contributed by atoms with Crippen LogP contribution in [-0.2, 0) is 6.54 Å². The van der Waals surface area contributed by atoms with Gasteiger partial charge in [0.1, 0.15) is 11.6 Å². The predicted molar refractivity (Wildman–Crippen MR) is 111 cm³/mol. The van der Waals surface area contributed by atoms with Crippen LogP contribution in [0.5, 0.6) is 5.75 Å². The molecule has 1 unspecified atom stereocenters. The monoisotopic (exact) mass is 441 g/mol. The summed E-state index contributed by atoms with van der Waals surface area (Å²) in [4.78, 5) is 10.7. The molecule has 1 atom stereocenters. The van der Waals surface area contributed by atoms with Crippen molar-refractivity contribution in [3.63, 3.8) is 0 Å². The third kappa shape index (κ3) is 6.16. The summed E-state index contributed by atoms with van der Waals surface area (Å²) < 4.78 is 42.3. The lowest BCUT2D eigenvalue weighted by atomic mass is 10.2. The highest BCUT2D eigenvalue weighted by Gasteiger charge is 2.29. The molecule has 2 aromatic rings. The Morgan fingerprint density at radius 3 is 2.83 bits per heavy atom. The topological polar surface area (TPSA) is 61.8 Å². The first kappa shape index (κ1) is 22.0. The Bertz CT molecular complexity index is 878. The van der Waals surface area contributed by atoms with E-state index in [2.05, 4.69) is 25.5 Å². The third-order valence-corrected chi connectivity index (χ3v) is 4.90. The summed E-state index contributed by atoms with van der Waals surface area (Å²) in [5.41, 5.74) is 0.609. The highest BCUT2D eigenvalue weighted by atomic mass is 35.5. The number of para-hydroxylation sites is 1. The normalized spacial score (nSPS) is 17.2. The van der Waals surface area contributed by atoms with Gasteiger partial charge in [0.2, 0.25) is 0 Å². The van der Waals surface area contributed by atoms with Crippen molar-refractivity contribution in [2.75, 3.05) is 31.6 Å². The van der Waals surface area contributed by atoms with E-state index in [0.29, 0.717) is 23.1 Å². The SMILES string of the molecule is CN=C(NCc1ccccc1OCC(F)(F)F)NC1CCN(c2ncccc2Cl)C1. The number of halogens is 4. The van der Waals surface area contributed by atoms with Gasteiger partial charge in [-0.3, -0.25) is 4.99 Å². The van der Waals surface area contributed by atoms with Crippen molar-refractivity contribution in [3.8, 4) is 5.75 Å². The molecule has 0 bridgehead atoms. The number of nitrogens with one attached hydrogen (secondary N) is 2. The number of anilines is 1. The number of ether oxygens (including phenoxy) is 1. The number of rotatable bonds is 6. The molecule has 10 heteroatoms. The Kier molecular flexibility index (Phi) is 7.25. The van der Waals surface area contributed by atoms with Gasteiger partial charge in [-0.1, -0.05) is 29.8 Å². The zero-order valence-corrected chi connectivity index (χ0v) is 17.2. The summed E-state index contributed by atoms with van der Waals surface area (Å²) in [6.07, 6.45) is -1.80. The number of aliphatic imine (C=N–C) groups is 1. The summed E-state index contributed by atoms with van der Waals surface area (Å²) in [5.74, 6) is 1.50. The first-order valence-electron chi connectivity index (χ1n) is 9.46. The molecule has 6 nitrogen and oxygen atoms in total. The van der Waals surface area contributed by atoms with Gasteiger partial charge in [0.05, 0.1) is 5.02 Å². The fraction of sp³-hybridized carbons (Fsp3) is 0.400. The van der Waals surface area contributed by atoms with Crippen LogP contribution in [-0.4, -0.2) is 49.9 Å². The number of benzene rings is 1. The molecule has 1 aliphatic heterocycles. The second kappa shape index (κ2) is 9.88. The van der Waals surface area contributed by atoms with Gasteiger partial charge in [-0.15, -0.1) is 0 Å². The summed E-state index contributed by atoms with van der Waals surface area (Å²) >= 11 is 6.23. The molecule has 30 heavy (non-hydrogen) atoms. The Labute approximate surface area is 178 Å². The molecule has 2 N–H and O–H groups in total. The first-order valence-corrected chi connectivity index (χ1v) is 9.83. The van der Waals surface area contributed by atoms with E-state index < -0.39 is 12.8 Å². The van der Waals surface area contributed by atoms with Gasteiger partial charge in [-0.05, 0) is 24.6 Å². The Balaban J connectivity index is 1.54. The van der Waals surface area contributed by atoms with Crippen molar-refractivity contribution >= 4 is 23.4 Å². The van der Waals surface area contributed by atoms with Crippen LogP contribution < -0.4 is 20.3 Å². The van der Waals surface area contributed by atoms with E-state index in [1.165, 1.54) is 6.07 Å². The van der Waals surface area contributed by atoms with E-state index in [1.54, 1.807) is 37.5 Å². The largest absolute Gasteiger partial charge is 0.484 e. The van der Waals surface area contributed by atoms with E-state index in [4.69, 9.17) is 16.3 Å². The zero-order valence-electron chi connectivity index (χ0n) is 16.4. The molecular weight excluding hydrogens is 419 g/mol. The Hall–Kier alpha value is -2.68. The van der Waals surface area contributed by atoms with Gasteiger partial charge in [0.25, 0.3) is 0 Å². The van der Waals surface area contributed by atoms with Gasteiger partial charge in [-0.2, -0.15) is 13.2 Å². The standard InChI is InChI=1S/C20H23ClF3N5O/c1-25-19(27-11-14-5-2-3-7-17(14)30-13-20(22,23)24)28-15-8-10-29(12-15)18-16(21)6-4-9-26-18/h2-7,9,15H,8,10-13H2,1H3,(H2,25,27,28). The fourth-order valence-corrected chi connectivity index (χ4v) is 3.44. The maximum atomic E-state index is 12.5. The van der Waals surface area contributed by atoms with Gasteiger partial charge in [0.15, 0.2) is 12.6 Å². The number of hydrogen-bond donors (Lipinski definition) is 2. The minimum atomic E-state index is -4.39. The third-order valence-electron chi connectivity index (χ3n) is 4.60. The average Bonchev–Trinajstić information content (AvgIpc) is 3.18. The van der Waals surface area contributed by atoms with Crippen LogP contribution in [0.15, 0.2) is 47.6 Å². The van der Waals surface area contributed by atoms with Crippen LogP contribution in [0.4, 0.5) is 19.0 Å². The predicted octanol–water partition coefficient (Wildman–Crippen LogP) is 3.62. The Morgan fingerprint density at radius 2 is 2.10 bits per heavy atom. The van der Waals surface area contributed by atoms with E-state index in [9.17, 15) is 13.2 Å². The lowest BCUT2D eigenvalue weighted by Crippen LogP contribution is -2.44. The number of aromatic nitrogens is 1. The van der Waals surface area contributed by atoms with E-state index in [1.807, 2.05) is 6.07 Å². The van der Waals surface area contributed by atoms with Gasteiger partial charge in [0, 0.05) is 44.5 Å². The van der Waals surface area contributed by atoms with Crippen molar-refractivity contribution in [1.82, 2.24) is 15.6 Å². The van der Waals surface area contributed by atoms with Gasteiger partial charge in [-0.25, -0.2) is 4.98 Å². The van der Waals surface area contributed by atoms with E-state index >= 15 is 0 Å². The van der Waals surface area contributed by atoms with Crippen LogP contribution in [0.3, 0.4) is 0 Å². The van der Waals surface area contributed by atoms with Gasteiger partial charge < -0.3 is 20.3 Å². The number of guanidine groups is 1. The maximum absolute atomic E-state index is 12.5. The van der Waals surface area contributed by atoms with Crippen molar-refractivity contribution in [2.45, 2.75) is 25.2 Å². The smallest absolute Gasteiger partial charge is 0.422 e. The molecule has 1 aromatic carbocycles. The lowest BCUT2D eigenvalue weighted by Gasteiger charge is -2.20. The highest BCUT2D eigenvalue weighted by Crippen LogP contribution is 2.26. The molecule has 1 saturated heterocycles. The molecule has 1 aliphatic rings. The second-order valence-electron chi connectivity index (χ2n) is 6.82. The molecule has 1 fully saturated rings. The van der Waals surface area contributed by atoms with Crippen molar-refractivity contribution in [2.24, 2.45) is 4.99 Å². The Morgan fingerprint density at radius 1 is 1.30 bits per heavy atom. The molecule has 1 aromatic heterocycles. The minimum absolute atomic E-state index is 0.131. The summed E-state index contributed by atoms with van der Waals surface area (Å²) in [5, 5.41) is 7.08. The molecule has 0 radical (unpaired) electrons. The quantitative estimate of drug-likeness (QED) is 0.529. The van der Waals surface area contributed by atoms with E-state index in [0.717, 1.165) is 18.8 Å². The molecule has 0 spiro atoms. The number of nitrogens with zero attached hydrogens (tertiary/aromatic N) is 3. The van der Waals surface area contributed by atoms with Crippen LogP contribution in [0.25, 0.3) is 0 Å². The molecule has 2 heterocycles. The van der Waals surface area contributed by atoms with Gasteiger partial charge >= 0.3 is 6.18 Å². The second-order valence-corrected chi connectivity index (χ2v) is 7.23. The summed E-state index contributed by atoms with van der Waals surface area (Å²) in [7, 11) is 1.64. The minimum Gasteiger partial charge on any atom is -0.484 e. The van der Waals surface area contributed by atoms with Crippen molar-refractivity contribution in [3.05, 3.63) is 53.2 Å². The van der Waals surface area contributed by atoms with E-state index in [-0.39, 0.29) is 18.3 Å². The van der Waals surface area contributed by atoms with Crippen LogP contribution >= 0.6 is 11.6 Å². The number of pyridine rings is 1. The molecule has 0 aliphatic carbocycles. The molecule has 0 amide bonds. The van der Waals surface area contributed by atoms with Crippen LogP contribution in [0, 0.1) is 0 Å². The summed E-state index contributed by atoms with van der Waals surface area (Å²) in [6, 6.07) is 10.3. The zero-order chi connectivity index (χ0) is 21.6. The average molecular weight is 442 g/mol. The lowest BCUT2D eigenvalue weighted by molar-refractivity contribution is -0.153. The highest BCUT2D eigenvalue weighted by molar-refractivity contribution is 6.32. The fourth-order valence-electron chi connectivity index (χ4n) is 3.20. The van der Waals surface area contributed by atoms with Crippen molar-refractivity contribution < 1.29 is 17.9 Å². The molecule has 162 valence electrons. The first-order chi connectivity index (χ1) is 14.4. The van der Waals surface area contributed by atoms with Crippen LogP contribution in [0.2, 0.25) is 5.02 Å². The van der Waals surface area contributed by atoms with Crippen LogP contribution in [0.1, 0.15) is 12.0 Å². The number of alkyl halides is 3. The van der Waals surface area contributed by atoms with Crippen molar-refractivity contribution in [1.29, 1.82) is 0 Å².